The van der Waals surface area contributed by atoms with E-state index in [0.717, 1.165) is 25.7 Å². The molecule has 0 heterocycles. The minimum Gasteiger partial charge on any atom is -0.454 e. The molecule has 20 heavy (non-hydrogen) atoms. The Morgan fingerprint density at radius 2 is 1.80 bits per heavy atom. The molecule has 1 aromatic carbocycles. The molecule has 2 rings (SSSR count). The Morgan fingerprint density at radius 1 is 1.15 bits per heavy atom. The summed E-state index contributed by atoms with van der Waals surface area (Å²) in [6.45, 7) is -0.356. The van der Waals surface area contributed by atoms with Crippen molar-refractivity contribution in [2.75, 3.05) is 6.61 Å². The van der Waals surface area contributed by atoms with Gasteiger partial charge in [0.1, 0.15) is 6.10 Å². The van der Waals surface area contributed by atoms with Gasteiger partial charge in [-0.25, -0.2) is 4.79 Å². The van der Waals surface area contributed by atoms with Gasteiger partial charge in [-0.3, -0.25) is 4.79 Å². The van der Waals surface area contributed by atoms with Crippen LogP contribution >= 0.6 is 0 Å². The van der Waals surface area contributed by atoms with Crippen molar-refractivity contribution in [1.29, 1.82) is 0 Å². The Labute approximate surface area is 118 Å². The normalized spacial score (nSPS) is 17.4. The van der Waals surface area contributed by atoms with Crippen molar-refractivity contribution >= 4 is 11.8 Å². The van der Waals surface area contributed by atoms with E-state index in [1.54, 1.807) is 30.3 Å². The van der Waals surface area contributed by atoms with Crippen LogP contribution in [0.2, 0.25) is 0 Å². The zero-order chi connectivity index (χ0) is 14.4. The molecule has 1 aliphatic rings. The summed E-state index contributed by atoms with van der Waals surface area (Å²) in [4.78, 5) is 23.5. The molecule has 0 radical (unpaired) electrons. The molecule has 0 unspecified atom stereocenters. The smallest absolute Gasteiger partial charge is 0.338 e. The van der Waals surface area contributed by atoms with Gasteiger partial charge in [0.15, 0.2) is 12.4 Å². The van der Waals surface area contributed by atoms with Crippen molar-refractivity contribution in [2.24, 2.45) is 5.92 Å². The first-order valence-electron chi connectivity index (χ1n) is 7.11. The number of aliphatic hydroxyl groups excluding tert-OH is 1. The molecule has 0 bridgehead atoms. The van der Waals surface area contributed by atoms with Crippen LogP contribution in [0.5, 0.6) is 0 Å². The second-order valence-corrected chi connectivity index (χ2v) is 5.25. The van der Waals surface area contributed by atoms with Crippen molar-refractivity contribution in [3.63, 3.8) is 0 Å². The maximum absolute atomic E-state index is 11.9. The molecule has 4 heteroatoms. The second kappa shape index (κ2) is 7.20. The van der Waals surface area contributed by atoms with Crippen molar-refractivity contribution < 1.29 is 19.4 Å². The molecular formula is C16H20O4. The van der Waals surface area contributed by atoms with Crippen LogP contribution in [0.1, 0.15) is 42.5 Å². The Kier molecular flexibility index (Phi) is 5.30. The Bertz CT molecular complexity index is 449. The molecule has 0 amide bonds. The summed E-state index contributed by atoms with van der Waals surface area (Å²) in [6.07, 6.45) is 4.02. The van der Waals surface area contributed by atoms with Crippen LogP contribution in [-0.2, 0) is 9.53 Å². The molecule has 1 aromatic rings. The van der Waals surface area contributed by atoms with Crippen molar-refractivity contribution in [3.8, 4) is 0 Å². The summed E-state index contributed by atoms with van der Waals surface area (Å²) in [7, 11) is 0. The highest BCUT2D eigenvalue weighted by Crippen LogP contribution is 2.26. The monoisotopic (exact) mass is 276 g/mol. The molecule has 0 saturated heterocycles. The van der Waals surface area contributed by atoms with Gasteiger partial charge in [-0.05, 0) is 30.9 Å². The molecule has 1 atom stereocenters. The summed E-state index contributed by atoms with van der Waals surface area (Å²) in [6, 6.07) is 8.52. The van der Waals surface area contributed by atoms with E-state index in [0.29, 0.717) is 5.56 Å². The molecule has 1 fully saturated rings. The van der Waals surface area contributed by atoms with Crippen LogP contribution in [0, 0.1) is 5.92 Å². The second-order valence-electron chi connectivity index (χ2n) is 5.25. The van der Waals surface area contributed by atoms with E-state index in [1.165, 1.54) is 6.42 Å². The zero-order valence-electron chi connectivity index (χ0n) is 11.5. The number of ketones is 1. The number of aliphatic hydroxyl groups is 1. The van der Waals surface area contributed by atoms with Gasteiger partial charge in [-0.1, -0.05) is 37.5 Å². The Morgan fingerprint density at radius 3 is 2.45 bits per heavy atom. The third-order valence-corrected chi connectivity index (χ3v) is 3.78. The number of rotatable bonds is 5. The third kappa shape index (κ3) is 3.90. The van der Waals surface area contributed by atoms with Gasteiger partial charge in [0.2, 0.25) is 0 Å². The van der Waals surface area contributed by atoms with E-state index in [2.05, 4.69) is 0 Å². The van der Waals surface area contributed by atoms with Crippen molar-refractivity contribution in [3.05, 3.63) is 35.9 Å². The van der Waals surface area contributed by atoms with Crippen LogP contribution in [0.4, 0.5) is 0 Å². The number of hydrogen-bond donors (Lipinski definition) is 1. The molecule has 4 nitrogen and oxygen atoms in total. The number of carbonyl (C=O) groups is 2. The zero-order valence-corrected chi connectivity index (χ0v) is 11.5. The van der Waals surface area contributed by atoms with Crippen LogP contribution in [0.25, 0.3) is 0 Å². The molecule has 0 aliphatic heterocycles. The van der Waals surface area contributed by atoms with Gasteiger partial charge in [0, 0.05) is 0 Å². The first-order chi connectivity index (χ1) is 9.68. The number of Topliss-reactive ketones (excluding diaryl/α,β-unsaturated/α-hetero) is 1. The van der Waals surface area contributed by atoms with Gasteiger partial charge >= 0.3 is 5.97 Å². The van der Waals surface area contributed by atoms with E-state index in [1.807, 2.05) is 0 Å². The average Bonchev–Trinajstić information content (AvgIpc) is 2.53. The molecule has 0 spiro atoms. The van der Waals surface area contributed by atoms with Crippen LogP contribution < -0.4 is 0 Å². The highest BCUT2D eigenvalue weighted by atomic mass is 16.5. The summed E-state index contributed by atoms with van der Waals surface area (Å²) in [5.74, 6) is -0.914. The maximum Gasteiger partial charge on any atom is 0.338 e. The van der Waals surface area contributed by atoms with Crippen LogP contribution in [-0.4, -0.2) is 29.6 Å². The van der Waals surface area contributed by atoms with E-state index in [9.17, 15) is 14.7 Å². The predicted octanol–water partition coefficient (Wildman–Crippen LogP) is 2.35. The lowest BCUT2D eigenvalue weighted by molar-refractivity contribution is -0.133. The lowest BCUT2D eigenvalue weighted by atomic mass is 9.84. The molecule has 1 saturated carbocycles. The third-order valence-electron chi connectivity index (χ3n) is 3.78. The van der Waals surface area contributed by atoms with E-state index >= 15 is 0 Å². The fourth-order valence-corrected chi connectivity index (χ4v) is 2.59. The summed E-state index contributed by atoms with van der Waals surface area (Å²) in [5.41, 5.74) is 0.410. The van der Waals surface area contributed by atoms with Crippen LogP contribution in [0.15, 0.2) is 30.3 Å². The van der Waals surface area contributed by atoms with Gasteiger partial charge in [0.25, 0.3) is 0 Å². The molecule has 1 N–H and O–H groups in total. The van der Waals surface area contributed by atoms with Crippen LogP contribution in [0.3, 0.4) is 0 Å². The van der Waals surface area contributed by atoms with Crippen molar-refractivity contribution in [2.45, 2.75) is 38.2 Å². The fourth-order valence-electron chi connectivity index (χ4n) is 2.59. The van der Waals surface area contributed by atoms with E-state index in [-0.39, 0.29) is 12.5 Å². The maximum atomic E-state index is 11.9. The number of esters is 1. The molecule has 108 valence electrons. The largest absolute Gasteiger partial charge is 0.454 e. The van der Waals surface area contributed by atoms with Crippen molar-refractivity contribution in [1.82, 2.24) is 0 Å². The quantitative estimate of drug-likeness (QED) is 0.838. The van der Waals surface area contributed by atoms with Gasteiger partial charge in [0.05, 0.1) is 5.56 Å². The standard InChI is InChI=1S/C16H20O4/c17-14(15(18)12-7-3-1-4-8-12)11-20-16(19)13-9-5-2-6-10-13/h2,5-6,9-10,12,15,18H,1,3-4,7-8,11H2/t15-/m1/s1. The van der Waals surface area contributed by atoms with Gasteiger partial charge in [-0.2, -0.15) is 0 Å². The number of carbonyl (C=O) groups excluding carboxylic acids is 2. The minimum absolute atomic E-state index is 0.0201. The fraction of sp³-hybridized carbons (Fsp3) is 0.500. The molecule has 0 aromatic heterocycles. The predicted molar refractivity (Wildman–Crippen MR) is 74.3 cm³/mol. The molecular weight excluding hydrogens is 256 g/mol. The molecule has 1 aliphatic carbocycles. The lowest BCUT2D eigenvalue weighted by Gasteiger charge is -2.25. The van der Waals surface area contributed by atoms with Gasteiger partial charge < -0.3 is 9.84 Å². The number of benzene rings is 1. The summed E-state index contributed by atoms with van der Waals surface area (Å²) in [5, 5.41) is 9.99. The average molecular weight is 276 g/mol. The number of hydrogen-bond acceptors (Lipinski definition) is 4. The van der Waals surface area contributed by atoms with E-state index < -0.39 is 17.9 Å². The SMILES string of the molecule is O=C(OCC(=O)[C@H](O)C1CCCCC1)c1ccccc1. The first kappa shape index (κ1) is 14.7. The Balaban J connectivity index is 1.81. The summed E-state index contributed by atoms with van der Waals surface area (Å²) >= 11 is 0. The number of ether oxygens (including phenoxy) is 1. The van der Waals surface area contributed by atoms with E-state index in [4.69, 9.17) is 4.74 Å². The first-order valence-corrected chi connectivity index (χ1v) is 7.11. The topological polar surface area (TPSA) is 63.6 Å². The highest BCUT2D eigenvalue weighted by molar-refractivity contribution is 5.92. The lowest BCUT2D eigenvalue weighted by Crippen LogP contribution is -2.34. The van der Waals surface area contributed by atoms with Gasteiger partial charge in [-0.15, -0.1) is 0 Å². The summed E-state index contributed by atoms with van der Waals surface area (Å²) < 4.78 is 4.95. The minimum atomic E-state index is -1.00. The Hall–Kier alpha value is -1.68. The highest BCUT2D eigenvalue weighted by Gasteiger charge is 2.28.